The lowest BCUT2D eigenvalue weighted by molar-refractivity contribution is -0.220. The van der Waals surface area contributed by atoms with Gasteiger partial charge in [-0.3, -0.25) is 0 Å². The molecule has 4 N–H and O–H groups in total. The van der Waals surface area contributed by atoms with Crippen molar-refractivity contribution in [3.05, 3.63) is 94.0 Å². The van der Waals surface area contributed by atoms with E-state index in [-0.39, 0.29) is 6.54 Å². The van der Waals surface area contributed by atoms with E-state index in [0.29, 0.717) is 34.9 Å². The zero-order chi connectivity index (χ0) is 27.2. The van der Waals surface area contributed by atoms with Gasteiger partial charge in [0.15, 0.2) is 0 Å². The maximum atomic E-state index is 11.8. The summed E-state index contributed by atoms with van der Waals surface area (Å²) in [5.41, 5.74) is 3.48. The van der Waals surface area contributed by atoms with Crippen LogP contribution in [-0.4, -0.2) is 66.0 Å². The van der Waals surface area contributed by atoms with Crippen molar-refractivity contribution in [1.29, 1.82) is 0 Å². The molecule has 202 valence electrons. The fourth-order valence-electron chi connectivity index (χ4n) is 4.48. The fourth-order valence-corrected chi connectivity index (χ4v) is 4.67. The van der Waals surface area contributed by atoms with Gasteiger partial charge in [0.25, 0.3) is 0 Å². The van der Waals surface area contributed by atoms with E-state index in [1.807, 2.05) is 37.3 Å². The summed E-state index contributed by atoms with van der Waals surface area (Å²) in [7, 11) is 1.31. The monoisotopic (exact) mass is 541 g/mol. The molecular weight excluding hydrogens is 510 g/mol. The van der Waals surface area contributed by atoms with Crippen LogP contribution in [0.3, 0.4) is 0 Å². The quantitative estimate of drug-likeness (QED) is 0.303. The lowest BCUT2D eigenvalue weighted by atomic mass is 9.90. The molecule has 1 aliphatic heterocycles. The minimum atomic E-state index is -1.42. The molecule has 0 aliphatic carbocycles. The summed E-state index contributed by atoms with van der Waals surface area (Å²) in [5.74, 6) is 0.323. The molecule has 3 aromatic carbocycles. The Morgan fingerprint density at radius 3 is 2.47 bits per heavy atom. The number of aliphatic hydroxyl groups excluding tert-OH is 3. The number of ether oxygens (including phenoxy) is 3. The third kappa shape index (κ3) is 6.46. The van der Waals surface area contributed by atoms with Crippen LogP contribution in [0.4, 0.5) is 5.69 Å². The molecule has 1 saturated heterocycles. The van der Waals surface area contributed by atoms with Crippen LogP contribution < -0.4 is 10.1 Å². The average Bonchev–Trinajstić information content (AvgIpc) is 2.93. The Labute approximate surface area is 226 Å². The van der Waals surface area contributed by atoms with Crippen molar-refractivity contribution in [3.63, 3.8) is 0 Å². The molecule has 3 aromatic rings. The van der Waals surface area contributed by atoms with Gasteiger partial charge in [-0.15, -0.1) is 0 Å². The van der Waals surface area contributed by atoms with Gasteiger partial charge in [-0.25, -0.2) is 4.79 Å². The third-order valence-electron chi connectivity index (χ3n) is 6.53. The molecular formula is C29H32ClNO7. The van der Waals surface area contributed by atoms with Crippen molar-refractivity contribution in [2.24, 2.45) is 0 Å². The van der Waals surface area contributed by atoms with Crippen LogP contribution in [0.5, 0.6) is 5.75 Å². The number of methoxy groups -OCH3 is 1. The number of carbonyl (C=O) groups is 1. The molecule has 9 heteroatoms. The van der Waals surface area contributed by atoms with Crippen molar-refractivity contribution in [2.45, 2.75) is 43.9 Å². The molecule has 1 aliphatic rings. The van der Waals surface area contributed by atoms with Crippen LogP contribution in [0, 0.1) is 0 Å². The number of aliphatic hydroxyl groups is 3. The maximum absolute atomic E-state index is 11.8. The molecule has 5 atom stereocenters. The first-order valence-electron chi connectivity index (χ1n) is 12.4. The molecule has 0 amide bonds. The van der Waals surface area contributed by atoms with Crippen molar-refractivity contribution in [3.8, 4) is 5.75 Å². The van der Waals surface area contributed by atoms with Crippen LogP contribution in [0.2, 0.25) is 5.02 Å². The van der Waals surface area contributed by atoms with Crippen molar-refractivity contribution in [2.75, 3.05) is 25.6 Å². The Hall–Kier alpha value is -3.14. The first-order valence-corrected chi connectivity index (χ1v) is 12.8. The predicted molar refractivity (Wildman–Crippen MR) is 144 cm³/mol. The van der Waals surface area contributed by atoms with E-state index in [1.54, 1.807) is 36.4 Å². The van der Waals surface area contributed by atoms with Crippen molar-refractivity contribution < 1.29 is 34.3 Å². The molecule has 4 rings (SSSR count). The van der Waals surface area contributed by atoms with Crippen LogP contribution in [-0.2, 0) is 15.9 Å². The number of halogens is 1. The van der Waals surface area contributed by atoms with Gasteiger partial charge in [-0.2, -0.15) is 0 Å². The van der Waals surface area contributed by atoms with E-state index in [9.17, 15) is 20.1 Å². The molecule has 0 radical (unpaired) electrons. The molecule has 0 saturated carbocycles. The zero-order valence-corrected chi connectivity index (χ0v) is 22.0. The van der Waals surface area contributed by atoms with E-state index in [4.69, 9.17) is 25.8 Å². The molecule has 0 spiro atoms. The van der Waals surface area contributed by atoms with Crippen LogP contribution >= 0.6 is 11.6 Å². The number of nitrogens with one attached hydrogen (secondary N) is 1. The lowest BCUT2D eigenvalue weighted by Crippen LogP contribution is -2.56. The lowest BCUT2D eigenvalue weighted by Gasteiger charge is -2.41. The molecule has 1 heterocycles. The maximum Gasteiger partial charge on any atom is 0.337 e. The van der Waals surface area contributed by atoms with E-state index in [0.717, 1.165) is 16.9 Å². The number of carbonyl (C=O) groups excluding carboxylic acids is 1. The number of hydrogen-bond acceptors (Lipinski definition) is 8. The van der Waals surface area contributed by atoms with Crippen LogP contribution in [0.15, 0.2) is 66.7 Å². The average molecular weight is 542 g/mol. The number of esters is 1. The second-order valence-electron chi connectivity index (χ2n) is 9.12. The number of benzene rings is 3. The Kier molecular flexibility index (Phi) is 9.25. The molecule has 0 aromatic heterocycles. The zero-order valence-electron chi connectivity index (χ0n) is 21.2. The topological polar surface area (TPSA) is 117 Å². The molecule has 0 bridgehead atoms. The van der Waals surface area contributed by atoms with Gasteiger partial charge in [0, 0.05) is 17.3 Å². The second-order valence-corrected chi connectivity index (χ2v) is 9.53. The first kappa shape index (κ1) is 27.9. The van der Waals surface area contributed by atoms with Crippen LogP contribution in [0.25, 0.3) is 0 Å². The third-order valence-corrected chi connectivity index (χ3v) is 6.90. The van der Waals surface area contributed by atoms with E-state index in [2.05, 4.69) is 5.32 Å². The summed E-state index contributed by atoms with van der Waals surface area (Å²) in [6, 6.07) is 19.8. The summed E-state index contributed by atoms with van der Waals surface area (Å²) in [6.45, 7) is 2.65. The highest BCUT2D eigenvalue weighted by atomic mass is 35.5. The standard InChI is InChI=1S/C29H32ClNO7/c1-3-37-22-10-7-17(8-11-22)13-20-14-18(9-12-23(20)30)28-27(34)26(33)25(32)24(38-28)16-31-21-6-4-5-19(15-21)29(35)36-2/h4-12,14-15,24-28,31-34H,3,13,16H2,1-2H3. The second kappa shape index (κ2) is 12.6. The Morgan fingerprint density at radius 1 is 1.00 bits per heavy atom. The predicted octanol–water partition coefficient (Wildman–Crippen LogP) is 3.75. The van der Waals surface area contributed by atoms with Gasteiger partial charge in [0.05, 0.1) is 19.3 Å². The van der Waals surface area contributed by atoms with Crippen molar-refractivity contribution >= 4 is 23.3 Å². The van der Waals surface area contributed by atoms with Crippen molar-refractivity contribution in [1.82, 2.24) is 0 Å². The summed E-state index contributed by atoms with van der Waals surface area (Å²) >= 11 is 6.49. The number of anilines is 1. The largest absolute Gasteiger partial charge is 0.494 e. The first-order chi connectivity index (χ1) is 18.3. The van der Waals surface area contributed by atoms with E-state index < -0.39 is 36.5 Å². The van der Waals surface area contributed by atoms with Gasteiger partial charge in [-0.05, 0) is 66.4 Å². The molecule has 1 fully saturated rings. The summed E-state index contributed by atoms with van der Waals surface area (Å²) < 4.78 is 16.4. The van der Waals surface area contributed by atoms with Gasteiger partial charge in [0.2, 0.25) is 0 Å². The molecule has 5 unspecified atom stereocenters. The Bertz CT molecular complexity index is 1240. The minimum absolute atomic E-state index is 0.124. The van der Waals surface area contributed by atoms with Gasteiger partial charge >= 0.3 is 5.97 Å². The molecule has 38 heavy (non-hydrogen) atoms. The highest BCUT2D eigenvalue weighted by Crippen LogP contribution is 2.35. The Morgan fingerprint density at radius 2 is 1.76 bits per heavy atom. The van der Waals surface area contributed by atoms with E-state index in [1.165, 1.54) is 7.11 Å². The fraction of sp³-hybridized carbons (Fsp3) is 0.345. The summed E-state index contributed by atoms with van der Waals surface area (Å²) in [6.07, 6.45) is -5.28. The normalized spacial score (nSPS) is 23.1. The summed E-state index contributed by atoms with van der Waals surface area (Å²) in [4.78, 5) is 11.8. The van der Waals surface area contributed by atoms with E-state index >= 15 is 0 Å². The Balaban J connectivity index is 1.49. The highest BCUT2D eigenvalue weighted by molar-refractivity contribution is 6.31. The minimum Gasteiger partial charge on any atom is -0.494 e. The van der Waals surface area contributed by atoms with Crippen LogP contribution in [0.1, 0.15) is 40.1 Å². The van der Waals surface area contributed by atoms with Gasteiger partial charge in [0.1, 0.15) is 36.3 Å². The number of rotatable bonds is 9. The number of hydrogen-bond donors (Lipinski definition) is 4. The summed E-state index contributed by atoms with van der Waals surface area (Å²) in [5, 5.41) is 35.7. The smallest absolute Gasteiger partial charge is 0.337 e. The molecule has 8 nitrogen and oxygen atoms in total. The highest BCUT2D eigenvalue weighted by Gasteiger charge is 2.44. The van der Waals surface area contributed by atoms with Gasteiger partial charge < -0.3 is 34.8 Å². The van der Waals surface area contributed by atoms with Gasteiger partial charge in [-0.1, -0.05) is 41.9 Å². The SMILES string of the molecule is CCOc1ccc(Cc2cc(C3OC(CNc4cccc(C(=O)OC)c4)C(O)C(O)C3O)ccc2Cl)cc1.